The fourth-order valence-electron chi connectivity index (χ4n) is 2.73. The molecule has 0 radical (unpaired) electrons. The molecule has 1 heterocycles. The van der Waals surface area contributed by atoms with Crippen LogP contribution in [0.25, 0.3) is 10.9 Å². The summed E-state index contributed by atoms with van der Waals surface area (Å²) in [5, 5.41) is 6.97. The Balaban J connectivity index is 1.69. The molecule has 0 bridgehead atoms. The van der Waals surface area contributed by atoms with Crippen molar-refractivity contribution in [3.8, 4) is 0 Å². The number of carbonyl (C=O) groups is 1. The van der Waals surface area contributed by atoms with Crippen molar-refractivity contribution in [1.82, 2.24) is 15.6 Å². The summed E-state index contributed by atoms with van der Waals surface area (Å²) in [6.07, 6.45) is 1.74. The van der Waals surface area contributed by atoms with E-state index < -0.39 is 0 Å². The molecule has 1 atom stereocenters. The molecule has 1 aromatic heterocycles. The largest absolute Gasteiger partial charge is 0.358 e. The highest BCUT2D eigenvalue weighted by Crippen LogP contribution is 2.29. The van der Waals surface area contributed by atoms with Crippen LogP contribution in [-0.4, -0.2) is 29.5 Å². The van der Waals surface area contributed by atoms with Gasteiger partial charge in [0, 0.05) is 41.5 Å². The number of nitrogens with one attached hydrogen (secondary N) is 3. The van der Waals surface area contributed by atoms with Crippen LogP contribution in [0.2, 0.25) is 0 Å². The van der Waals surface area contributed by atoms with E-state index in [0.717, 1.165) is 12.8 Å². The lowest BCUT2D eigenvalue weighted by molar-refractivity contribution is 0.238. The third-order valence-electron chi connectivity index (χ3n) is 3.52. The minimum absolute atomic E-state index is 0.139. The lowest BCUT2D eigenvalue weighted by Gasteiger charge is -2.12. The lowest BCUT2D eigenvalue weighted by Crippen LogP contribution is -2.43. The molecule has 0 spiro atoms. The van der Waals surface area contributed by atoms with Gasteiger partial charge in [-0.1, -0.05) is 18.2 Å². The van der Waals surface area contributed by atoms with Gasteiger partial charge in [0.1, 0.15) is 0 Å². The maximum Gasteiger partial charge on any atom is 0.315 e. The van der Waals surface area contributed by atoms with Gasteiger partial charge in [0.25, 0.3) is 0 Å². The van der Waals surface area contributed by atoms with Gasteiger partial charge in [-0.05, 0) is 18.1 Å². The van der Waals surface area contributed by atoms with Gasteiger partial charge in [-0.25, -0.2) is 4.79 Å². The quantitative estimate of drug-likeness (QED) is 0.740. The average molecular weight is 278 g/mol. The molecular formula is C14H16ClN3O. The third-order valence-corrected chi connectivity index (χ3v) is 3.71. The predicted molar refractivity (Wildman–Crippen MR) is 76.7 cm³/mol. The highest BCUT2D eigenvalue weighted by molar-refractivity contribution is 6.18. The molecule has 1 aliphatic rings. The van der Waals surface area contributed by atoms with Gasteiger partial charge in [0.15, 0.2) is 0 Å². The van der Waals surface area contributed by atoms with Crippen molar-refractivity contribution in [2.24, 2.45) is 0 Å². The summed E-state index contributed by atoms with van der Waals surface area (Å²) in [5.74, 6) is 0.432. The molecule has 0 saturated heterocycles. The number of aromatic nitrogens is 1. The van der Waals surface area contributed by atoms with E-state index in [1.807, 2.05) is 12.1 Å². The molecule has 0 saturated carbocycles. The third kappa shape index (κ3) is 2.40. The number of halogens is 1. The topological polar surface area (TPSA) is 56.9 Å². The van der Waals surface area contributed by atoms with Crippen LogP contribution >= 0.6 is 11.6 Å². The Labute approximate surface area is 116 Å². The van der Waals surface area contributed by atoms with Crippen LogP contribution in [0, 0.1) is 0 Å². The molecule has 0 fully saturated rings. The van der Waals surface area contributed by atoms with Crippen molar-refractivity contribution in [1.29, 1.82) is 0 Å². The molecule has 0 aliphatic heterocycles. The van der Waals surface area contributed by atoms with E-state index in [4.69, 9.17) is 11.6 Å². The number of urea groups is 1. The number of alkyl halides is 1. The first-order chi connectivity index (χ1) is 9.28. The summed E-state index contributed by atoms with van der Waals surface area (Å²) in [4.78, 5) is 15.0. The monoisotopic (exact) mass is 277 g/mol. The van der Waals surface area contributed by atoms with E-state index >= 15 is 0 Å². The van der Waals surface area contributed by atoms with Crippen LogP contribution < -0.4 is 10.6 Å². The van der Waals surface area contributed by atoms with E-state index in [-0.39, 0.29) is 12.1 Å². The maximum atomic E-state index is 11.6. The van der Waals surface area contributed by atoms with Crippen molar-refractivity contribution in [2.75, 3.05) is 12.4 Å². The highest BCUT2D eigenvalue weighted by Gasteiger charge is 2.26. The standard InChI is InChI=1S/C14H16ClN3O/c15-5-6-16-14(19)17-9-7-11-10-3-1-2-4-12(10)18-13(11)8-9/h1-4,9,18H,5-8H2,(H2,16,17,19). The second-order valence-electron chi connectivity index (χ2n) is 4.82. The first kappa shape index (κ1) is 12.4. The molecule has 3 rings (SSSR count). The zero-order valence-corrected chi connectivity index (χ0v) is 11.3. The molecule has 4 nitrogen and oxygen atoms in total. The number of amides is 2. The normalized spacial score (nSPS) is 17.4. The Morgan fingerprint density at radius 1 is 1.37 bits per heavy atom. The predicted octanol–water partition coefficient (Wildman–Crippen LogP) is 2.17. The Hall–Kier alpha value is -1.68. The SMILES string of the molecule is O=C(NCCCl)NC1Cc2[nH]c3ccccc3c2C1. The van der Waals surface area contributed by atoms with E-state index in [2.05, 4.69) is 27.8 Å². The van der Waals surface area contributed by atoms with Crippen molar-refractivity contribution in [3.63, 3.8) is 0 Å². The van der Waals surface area contributed by atoms with Crippen molar-refractivity contribution in [3.05, 3.63) is 35.5 Å². The van der Waals surface area contributed by atoms with Gasteiger partial charge in [-0.2, -0.15) is 0 Å². The van der Waals surface area contributed by atoms with Crippen LogP contribution in [0.5, 0.6) is 0 Å². The Morgan fingerprint density at radius 2 is 2.21 bits per heavy atom. The fourth-order valence-corrected chi connectivity index (χ4v) is 2.82. The molecule has 100 valence electrons. The molecule has 2 aromatic rings. The summed E-state index contributed by atoms with van der Waals surface area (Å²) in [6, 6.07) is 8.32. The zero-order chi connectivity index (χ0) is 13.2. The first-order valence-corrected chi connectivity index (χ1v) is 7.00. The summed E-state index contributed by atoms with van der Waals surface area (Å²) < 4.78 is 0. The Kier molecular flexibility index (Phi) is 3.34. The molecule has 19 heavy (non-hydrogen) atoms. The Morgan fingerprint density at radius 3 is 3.05 bits per heavy atom. The first-order valence-electron chi connectivity index (χ1n) is 6.46. The van der Waals surface area contributed by atoms with Crippen LogP contribution in [0.15, 0.2) is 24.3 Å². The maximum absolute atomic E-state index is 11.6. The van der Waals surface area contributed by atoms with Crippen LogP contribution in [0.4, 0.5) is 4.79 Å². The number of hydrogen-bond acceptors (Lipinski definition) is 1. The molecule has 3 N–H and O–H groups in total. The number of rotatable bonds is 3. The second-order valence-corrected chi connectivity index (χ2v) is 5.20. The van der Waals surface area contributed by atoms with Crippen LogP contribution in [-0.2, 0) is 12.8 Å². The van der Waals surface area contributed by atoms with Gasteiger partial charge in [0.05, 0.1) is 0 Å². The smallest absolute Gasteiger partial charge is 0.315 e. The molecule has 1 unspecified atom stereocenters. The van der Waals surface area contributed by atoms with Crippen LogP contribution in [0.3, 0.4) is 0 Å². The lowest BCUT2D eigenvalue weighted by atomic mass is 10.1. The van der Waals surface area contributed by atoms with Gasteiger partial charge in [-0.15, -0.1) is 11.6 Å². The van der Waals surface area contributed by atoms with Crippen molar-refractivity contribution in [2.45, 2.75) is 18.9 Å². The molecular weight excluding hydrogens is 262 g/mol. The molecule has 1 aliphatic carbocycles. The highest BCUT2D eigenvalue weighted by atomic mass is 35.5. The number of para-hydroxylation sites is 1. The second kappa shape index (κ2) is 5.13. The van der Waals surface area contributed by atoms with E-state index in [9.17, 15) is 4.79 Å². The summed E-state index contributed by atoms with van der Waals surface area (Å²) >= 11 is 5.54. The molecule has 2 amide bonds. The minimum atomic E-state index is -0.139. The number of H-pyrrole nitrogens is 1. The van der Waals surface area contributed by atoms with Crippen molar-refractivity contribution >= 4 is 28.5 Å². The van der Waals surface area contributed by atoms with Gasteiger partial charge in [0.2, 0.25) is 0 Å². The number of fused-ring (bicyclic) bond motifs is 3. The number of carbonyl (C=O) groups excluding carboxylic acids is 1. The minimum Gasteiger partial charge on any atom is -0.358 e. The summed E-state index contributed by atoms with van der Waals surface area (Å²) in [5.41, 5.74) is 3.75. The Bertz CT molecular complexity index is 608. The van der Waals surface area contributed by atoms with Crippen LogP contribution in [0.1, 0.15) is 11.3 Å². The van der Waals surface area contributed by atoms with E-state index in [0.29, 0.717) is 12.4 Å². The average Bonchev–Trinajstić information content (AvgIpc) is 2.93. The number of benzene rings is 1. The summed E-state index contributed by atoms with van der Waals surface area (Å²) in [6.45, 7) is 0.494. The fraction of sp³-hybridized carbons (Fsp3) is 0.357. The molecule has 5 heteroatoms. The van der Waals surface area contributed by atoms with Gasteiger partial charge >= 0.3 is 6.03 Å². The number of hydrogen-bond donors (Lipinski definition) is 3. The zero-order valence-electron chi connectivity index (χ0n) is 10.5. The van der Waals surface area contributed by atoms with E-state index in [1.165, 1.54) is 22.2 Å². The van der Waals surface area contributed by atoms with E-state index in [1.54, 1.807) is 0 Å². The summed E-state index contributed by atoms with van der Waals surface area (Å²) in [7, 11) is 0. The molecule has 1 aromatic carbocycles. The van der Waals surface area contributed by atoms with Crippen molar-refractivity contribution < 1.29 is 4.79 Å². The van der Waals surface area contributed by atoms with Gasteiger partial charge < -0.3 is 15.6 Å². The van der Waals surface area contributed by atoms with Gasteiger partial charge in [-0.3, -0.25) is 0 Å². The number of aromatic amines is 1.